The second-order valence-electron chi connectivity index (χ2n) is 10.7. The van der Waals surface area contributed by atoms with Crippen molar-refractivity contribution in [1.82, 2.24) is 24.3 Å². The van der Waals surface area contributed by atoms with Crippen LogP contribution in [0.5, 0.6) is 0 Å². The molecule has 1 saturated heterocycles. The molecule has 0 saturated carbocycles. The highest BCUT2D eigenvalue weighted by Crippen LogP contribution is 2.31. The number of likely N-dealkylation sites (N-methyl/N-ethyl adjacent to an activating group) is 1. The predicted molar refractivity (Wildman–Crippen MR) is 147 cm³/mol. The van der Waals surface area contributed by atoms with Gasteiger partial charge in [0.05, 0.1) is 6.10 Å². The minimum Gasteiger partial charge on any atom is -0.393 e. The van der Waals surface area contributed by atoms with Crippen LogP contribution in [-0.2, 0) is 13.1 Å². The number of fused-ring (bicyclic) bond motifs is 1. The standard InChI is InChI=1S/C29H42N6O/c1-33-16-18-34(19-17-33)21-23-10-12-24(13-11-23)27-22-35-15-7-9-25(36)8-5-3-2-4-6-14-30-29-31-20-26(27)28(35)32-29/h10-13,20,22,25,36H,2-9,14-19,21H2,1H3,(H,30,31,32). The van der Waals surface area contributed by atoms with Crippen LogP contribution in [0.4, 0.5) is 5.95 Å². The summed E-state index contributed by atoms with van der Waals surface area (Å²) in [5.74, 6) is 0.711. The number of nitrogens with one attached hydrogen (secondary N) is 1. The number of aliphatic hydroxyl groups is 1. The van der Waals surface area contributed by atoms with Gasteiger partial charge in [-0.05, 0) is 43.9 Å². The van der Waals surface area contributed by atoms with Crippen LogP contribution in [0.3, 0.4) is 0 Å². The molecule has 4 heterocycles. The Kier molecular flexibility index (Phi) is 8.51. The summed E-state index contributed by atoms with van der Waals surface area (Å²) in [5, 5.41) is 15.0. The van der Waals surface area contributed by atoms with Gasteiger partial charge in [-0.25, -0.2) is 4.98 Å². The molecule has 2 aliphatic heterocycles. The summed E-state index contributed by atoms with van der Waals surface area (Å²) in [6.45, 7) is 7.32. The first kappa shape index (κ1) is 25.2. The van der Waals surface area contributed by atoms with Crippen molar-refractivity contribution in [3.8, 4) is 11.1 Å². The molecule has 0 spiro atoms. The fourth-order valence-electron chi connectivity index (χ4n) is 5.48. The minimum absolute atomic E-state index is 0.195. The van der Waals surface area contributed by atoms with Gasteiger partial charge < -0.3 is 19.9 Å². The zero-order valence-electron chi connectivity index (χ0n) is 21.8. The molecular formula is C29H42N6O. The largest absolute Gasteiger partial charge is 0.393 e. The smallest absolute Gasteiger partial charge is 0.224 e. The van der Waals surface area contributed by atoms with E-state index in [-0.39, 0.29) is 6.10 Å². The molecule has 1 fully saturated rings. The minimum atomic E-state index is -0.195. The van der Waals surface area contributed by atoms with Crippen LogP contribution in [0.25, 0.3) is 22.2 Å². The number of rotatable bonds is 3. The third-order valence-corrected chi connectivity index (χ3v) is 7.82. The quantitative estimate of drug-likeness (QED) is 0.552. The van der Waals surface area contributed by atoms with Gasteiger partial charge in [0.2, 0.25) is 5.95 Å². The molecule has 2 bridgehead atoms. The van der Waals surface area contributed by atoms with Crippen molar-refractivity contribution in [2.24, 2.45) is 0 Å². The summed E-state index contributed by atoms with van der Waals surface area (Å²) < 4.78 is 2.26. The van der Waals surface area contributed by atoms with E-state index >= 15 is 0 Å². The van der Waals surface area contributed by atoms with E-state index in [9.17, 15) is 5.11 Å². The molecule has 194 valence electrons. The lowest BCUT2D eigenvalue weighted by Gasteiger charge is -2.32. The number of aryl methyl sites for hydroxylation is 1. The first-order chi connectivity index (χ1) is 17.7. The number of hydrogen-bond acceptors (Lipinski definition) is 6. The lowest BCUT2D eigenvalue weighted by molar-refractivity contribution is 0.146. The molecule has 5 rings (SSSR count). The van der Waals surface area contributed by atoms with Crippen LogP contribution in [0.15, 0.2) is 36.7 Å². The molecule has 1 atom stereocenters. The van der Waals surface area contributed by atoms with Crippen LogP contribution in [-0.4, -0.2) is 75.3 Å². The van der Waals surface area contributed by atoms with E-state index in [1.165, 1.54) is 36.0 Å². The van der Waals surface area contributed by atoms with Gasteiger partial charge in [0.25, 0.3) is 0 Å². The molecule has 2 N–H and O–H groups in total. The summed E-state index contributed by atoms with van der Waals surface area (Å²) in [6, 6.07) is 9.03. The molecular weight excluding hydrogens is 448 g/mol. The third kappa shape index (κ3) is 6.44. The second-order valence-corrected chi connectivity index (χ2v) is 10.7. The van der Waals surface area contributed by atoms with E-state index in [4.69, 9.17) is 4.98 Å². The van der Waals surface area contributed by atoms with Gasteiger partial charge in [-0.3, -0.25) is 4.90 Å². The van der Waals surface area contributed by atoms with E-state index in [1.807, 2.05) is 6.20 Å². The maximum Gasteiger partial charge on any atom is 0.224 e. The second kappa shape index (κ2) is 12.2. The Balaban J connectivity index is 1.36. The average molecular weight is 491 g/mol. The number of hydrogen-bond donors (Lipinski definition) is 2. The van der Waals surface area contributed by atoms with Gasteiger partial charge in [0.1, 0.15) is 5.65 Å². The average Bonchev–Trinajstić information content (AvgIpc) is 3.24. The van der Waals surface area contributed by atoms with Crippen LogP contribution in [0, 0.1) is 0 Å². The topological polar surface area (TPSA) is 69.5 Å². The Morgan fingerprint density at radius 1 is 0.917 bits per heavy atom. The van der Waals surface area contributed by atoms with Crippen molar-refractivity contribution in [3.05, 3.63) is 42.2 Å². The fraction of sp³-hybridized carbons (Fsp3) is 0.586. The van der Waals surface area contributed by atoms with Crippen LogP contribution in [0.1, 0.15) is 56.9 Å². The molecule has 2 aromatic heterocycles. The van der Waals surface area contributed by atoms with Gasteiger partial charge in [0.15, 0.2) is 0 Å². The van der Waals surface area contributed by atoms with Gasteiger partial charge >= 0.3 is 0 Å². The monoisotopic (exact) mass is 490 g/mol. The molecule has 7 heteroatoms. The molecule has 0 aliphatic carbocycles. The van der Waals surface area contributed by atoms with Crippen LogP contribution in [0.2, 0.25) is 0 Å². The Morgan fingerprint density at radius 2 is 1.67 bits per heavy atom. The molecule has 3 aromatic rings. The maximum atomic E-state index is 10.4. The first-order valence-corrected chi connectivity index (χ1v) is 13.9. The lowest BCUT2D eigenvalue weighted by Crippen LogP contribution is -2.43. The summed E-state index contributed by atoms with van der Waals surface area (Å²) in [6.07, 6.45) is 12.6. The van der Waals surface area contributed by atoms with Crippen LogP contribution < -0.4 is 5.32 Å². The Bertz CT molecular complexity index is 1100. The number of anilines is 1. The Morgan fingerprint density at radius 3 is 2.50 bits per heavy atom. The molecule has 0 amide bonds. The number of aliphatic hydroxyl groups excluding tert-OH is 1. The summed E-state index contributed by atoms with van der Waals surface area (Å²) in [7, 11) is 2.20. The molecule has 36 heavy (non-hydrogen) atoms. The van der Waals surface area contributed by atoms with E-state index in [1.54, 1.807) is 0 Å². The Hall–Kier alpha value is -2.48. The van der Waals surface area contributed by atoms with Crippen LogP contribution >= 0.6 is 0 Å². The van der Waals surface area contributed by atoms with Crippen molar-refractivity contribution in [2.45, 2.75) is 70.6 Å². The molecule has 1 aromatic carbocycles. The third-order valence-electron chi connectivity index (χ3n) is 7.82. The van der Waals surface area contributed by atoms with Gasteiger partial charge in [-0.2, -0.15) is 4.98 Å². The van der Waals surface area contributed by atoms with Crippen molar-refractivity contribution in [1.29, 1.82) is 0 Å². The SMILES string of the molecule is CN1CCN(Cc2ccc(-c3cn4c5nc(ncc35)NCCCCCCCC(O)CCC4)cc2)CC1. The molecule has 0 radical (unpaired) electrons. The summed E-state index contributed by atoms with van der Waals surface area (Å²) in [4.78, 5) is 14.5. The highest BCUT2D eigenvalue weighted by atomic mass is 16.3. The molecule has 2 aliphatic rings. The highest BCUT2D eigenvalue weighted by Gasteiger charge is 2.16. The van der Waals surface area contributed by atoms with Gasteiger partial charge in [-0.1, -0.05) is 49.9 Å². The molecule has 7 nitrogen and oxygen atoms in total. The lowest BCUT2D eigenvalue weighted by atomic mass is 10.0. The zero-order valence-corrected chi connectivity index (χ0v) is 21.8. The van der Waals surface area contributed by atoms with Crippen molar-refractivity contribution in [2.75, 3.05) is 45.1 Å². The normalized spacial score (nSPS) is 21.6. The molecule has 1 unspecified atom stereocenters. The predicted octanol–water partition coefficient (Wildman–Crippen LogP) is 4.75. The fourth-order valence-corrected chi connectivity index (χ4v) is 5.48. The van der Waals surface area contributed by atoms with E-state index in [0.29, 0.717) is 5.95 Å². The van der Waals surface area contributed by atoms with Gasteiger partial charge in [0, 0.05) is 69.2 Å². The Labute approximate surface area is 215 Å². The van der Waals surface area contributed by atoms with E-state index < -0.39 is 0 Å². The first-order valence-electron chi connectivity index (χ1n) is 13.9. The van der Waals surface area contributed by atoms with E-state index in [2.05, 4.69) is 62.2 Å². The summed E-state index contributed by atoms with van der Waals surface area (Å²) >= 11 is 0. The number of nitrogens with zero attached hydrogens (tertiary/aromatic N) is 5. The number of aromatic nitrogens is 3. The van der Waals surface area contributed by atoms with Gasteiger partial charge in [-0.15, -0.1) is 0 Å². The highest BCUT2D eigenvalue weighted by molar-refractivity contribution is 5.94. The number of benzene rings is 1. The zero-order chi connectivity index (χ0) is 24.7. The van der Waals surface area contributed by atoms with Crippen molar-refractivity contribution >= 4 is 17.0 Å². The summed E-state index contributed by atoms with van der Waals surface area (Å²) in [5.41, 5.74) is 4.73. The van der Waals surface area contributed by atoms with Crippen molar-refractivity contribution < 1.29 is 5.11 Å². The van der Waals surface area contributed by atoms with Crippen molar-refractivity contribution in [3.63, 3.8) is 0 Å². The maximum absolute atomic E-state index is 10.4. The van der Waals surface area contributed by atoms with E-state index in [0.717, 1.165) is 89.0 Å². The number of piperazine rings is 1.